The average molecular weight is 475 g/mol. The van der Waals surface area contributed by atoms with Crippen molar-refractivity contribution in [2.75, 3.05) is 0 Å². The quantitative estimate of drug-likeness (QED) is 0.262. The zero-order valence-electron chi connectivity index (χ0n) is 19.5. The Hall–Kier alpha value is -4.10. The number of aromatic nitrogens is 6. The molecular weight excluding hydrogens is 452 g/mol. The number of fused-ring (bicyclic) bond motifs is 7. The predicted molar refractivity (Wildman–Crippen MR) is 144 cm³/mol. The van der Waals surface area contributed by atoms with Gasteiger partial charge in [0.2, 0.25) is 0 Å². The van der Waals surface area contributed by atoms with Crippen LogP contribution in [0, 0.1) is 6.92 Å². The molecule has 0 fully saturated rings. The van der Waals surface area contributed by atoms with Gasteiger partial charge in [0, 0.05) is 27.6 Å². The number of nitrogens with one attached hydrogen (secondary N) is 2. The molecule has 6 nitrogen and oxygen atoms in total. The number of thiophene rings is 1. The number of rotatable bonds is 3. The molecule has 2 N–H and O–H groups in total. The van der Waals surface area contributed by atoms with Crippen molar-refractivity contribution in [3.8, 4) is 21.7 Å². The summed E-state index contributed by atoms with van der Waals surface area (Å²) >= 11 is 1.78. The van der Waals surface area contributed by atoms with Crippen LogP contribution >= 0.6 is 11.3 Å². The Kier molecular flexibility index (Phi) is 4.32. The zero-order valence-corrected chi connectivity index (χ0v) is 20.4. The lowest BCUT2D eigenvalue weighted by molar-refractivity contribution is 0.799. The van der Waals surface area contributed by atoms with E-state index in [1.165, 1.54) is 20.5 Å². The first kappa shape index (κ1) is 20.3. The Bertz CT molecular complexity index is 1910. The first-order valence-electron chi connectivity index (χ1n) is 11.7. The first-order valence-corrected chi connectivity index (χ1v) is 12.5. The van der Waals surface area contributed by atoms with Crippen LogP contribution in [0.15, 0.2) is 61.2 Å². The summed E-state index contributed by atoms with van der Waals surface area (Å²) in [5.41, 5.74) is 6.26. The number of imidazole rings is 2. The third kappa shape index (κ3) is 3.15. The van der Waals surface area contributed by atoms with Crippen molar-refractivity contribution in [2.24, 2.45) is 0 Å². The van der Waals surface area contributed by atoms with Gasteiger partial charge in [-0.25, -0.2) is 19.9 Å². The fourth-order valence-corrected chi connectivity index (χ4v) is 5.87. The van der Waals surface area contributed by atoms with Crippen molar-refractivity contribution in [2.45, 2.75) is 26.7 Å². The summed E-state index contributed by atoms with van der Waals surface area (Å²) in [5, 5.41) is 4.50. The standard InChI is InChI=1S/C28H22N6S/c1-14(2)28-33-26-19-7-6-16(8-20(19)21-11-29-13-31-25(21)27(26)34-28)17-4-5-18-10-24(35-23(18)9-17)22-12-30-15(3)32-22/h4-14H,1-3H3,(H,30,32)(H,33,34). The molecule has 7 aromatic rings. The van der Waals surface area contributed by atoms with Crippen LogP contribution in [-0.2, 0) is 0 Å². The van der Waals surface area contributed by atoms with Crippen LogP contribution in [0.5, 0.6) is 0 Å². The van der Waals surface area contributed by atoms with Gasteiger partial charge in [-0.15, -0.1) is 11.3 Å². The lowest BCUT2D eigenvalue weighted by Gasteiger charge is -2.08. The lowest BCUT2D eigenvalue weighted by Crippen LogP contribution is -1.88. The maximum absolute atomic E-state index is 4.94. The molecule has 0 unspecified atom stereocenters. The maximum Gasteiger partial charge on any atom is 0.116 e. The largest absolute Gasteiger partial charge is 0.342 e. The highest BCUT2D eigenvalue weighted by Crippen LogP contribution is 2.38. The normalized spacial score (nSPS) is 12.1. The number of hydrogen-bond donors (Lipinski definition) is 2. The van der Waals surface area contributed by atoms with Crippen molar-refractivity contribution >= 4 is 54.1 Å². The number of H-pyrrole nitrogens is 2. The van der Waals surface area contributed by atoms with E-state index in [-0.39, 0.29) is 0 Å². The van der Waals surface area contributed by atoms with Gasteiger partial charge in [0.15, 0.2) is 0 Å². The molecule has 0 aliphatic heterocycles. The molecule has 4 heterocycles. The van der Waals surface area contributed by atoms with Crippen LogP contribution < -0.4 is 0 Å². The number of hydrogen-bond acceptors (Lipinski definition) is 5. The van der Waals surface area contributed by atoms with Crippen molar-refractivity contribution in [3.63, 3.8) is 0 Å². The van der Waals surface area contributed by atoms with E-state index in [2.05, 4.69) is 81.2 Å². The third-order valence-corrected chi connectivity index (χ3v) is 7.74. The van der Waals surface area contributed by atoms with E-state index in [0.29, 0.717) is 5.92 Å². The Morgan fingerprint density at radius 1 is 0.829 bits per heavy atom. The monoisotopic (exact) mass is 474 g/mol. The van der Waals surface area contributed by atoms with Gasteiger partial charge >= 0.3 is 0 Å². The molecular formula is C28H22N6S. The summed E-state index contributed by atoms with van der Waals surface area (Å²) in [4.78, 5) is 26.3. The molecule has 0 bridgehead atoms. The van der Waals surface area contributed by atoms with Crippen LogP contribution in [0.3, 0.4) is 0 Å². The summed E-state index contributed by atoms with van der Waals surface area (Å²) in [6.45, 7) is 6.27. The fraction of sp³-hybridized carbons (Fsp3) is 0.143. The van der Waals surface area contributed by atoms with Crippen LogP contribution in [0.2, 0.25) is 0 Å². The number of benzene rings is 3. The van der Waals surface area contributed by atoms with Crippen LogP contribution in [0.25, 0.3) is 64.5 Å². The molecule has 0 amide bonds. The highest BCUT2D eigenvalue weighted by atomic mass is 32.1. The van der Waals surface area contributed by atoms with Crippen LogP contribution in [0.4, 0.5) is 0 Å². The molecule has 170 valence electrons. The average Bonchev–Trinajstić information content (AvgIpc) is 3.61. The van der Waals surface area contributed by atoms with E-state index in [0.717, 1.165) is 55.6 Å². The molecule has 0 aliphatic rings. The highest BCUT2D eigenvalue weighted by molar-refractivity contribution is 7.22. The minimum absolute atomic E-state index is 0.307. The second-order valence-electron chi connectivity index (χ2n) is 9.29. The molecule has 0 saturated heterocycles. The Labute approximate surface area is 205 Å². The lowest BCUT2D eigenvalue weighted by atomic mass is 9.98. The molecule has 4 aromatic heterocycles. The maximum atomic E-state index is 4.94. The number of aryl methyl sites for hydroxylation is 1. The van der Waals surface area contributed by atoms with E-state index >= 15 is 0 Å². The van der Waals surface area contributed by atoms with Crippen LogP contribution in [0.1, 0.15) is 31.4 Å². The van der Waals surface area contributed by atoms with Gasteiger partial charge in [-0.2, -0.15) is 0 Å². The predicted octanol–water partition coefficient (Wildman–Crippen LogP) is 7.36. The Balaban J connectivity index is 1.42. The van der Waals surface area contributed by atoms with E-state index in [9.17, 15) is 0 Å². The highest BCUT2D eigenvalue weighted by Gasteiger charge is 2.16. The molecule has 35 heavy (non-hydrogen) atoms. The molecule has 0 saturated carbocycles. The molecule has 3 aromatic carbocycles. The van der Waals surface area contributed by atoms with Gasteiger partial charge in [-0.3, -0.25) is 0 Å². The van der Waals surface area contributed by atoms with Gasteiger partial charge in [0.05, 0.1) is 33.3 Å². The minimum atomic E-state index is 0.307. The summed E-state index contributed by atoms with van der Waals surface area (Å²) in [6.07, 6.45) is 5.42. The topological polar surface area (TPSA) is 83.1 Å². The van der Waals surface area contributed by atoms with Gasteiger partial charge in [-0.1, -0.05) is 38.1 Å². The molecule has 7 rings (SSSR count). The fourth-order valence-electron chi connectivity index (χ4n) is 4.80. The first-order chi connectivity index (χ1) is 17.0. The summed E-state index contributed by atoms with van der Waals surface area (Å²) in [7, 11) is 0. The van der Waals surface area contributed by atoms with E-state index in [1.807, 2.05) is 19.3 Å². The van der Waals surface area contributed by atoms with Gasteiger partial charge in [-0.05, 0) is 47.0 Å². The van der Waals surface area contributed by atoms with Crippen molar-refractivity contribution < 1.29 is 0 Å². The Morgan fingerprint density at radius 3 is 2.51 bits per heavy atom. The molecule has 0 atom stereocenters. The van der Waals surface area contributed by atoms with Gasteiger partial charge in [0.25, 0.3) is 0 Å². The van der Waals surface area contributed by atoms with E-state index in [1.54, 1.807) is 17.7 Å². The second-order valence-corrected chi connectivity index (χ2v) is 10.4. The zero-order chi connectivity index (χ0) is 23.7. The SMILES string of the molecule is Cc1ncc(-c2cc3ccc(-c4ccc5c(c4)c4cncnc4c4[nH]c(C(C)C)nc54)cc3s2)[nH]1. The second kappa shape index (κ2) is 7.45. The minimum Gasteiger partial charge on any atom is -0.342 e. The summed E-state index contributed by atoms with van der Waals surface area (Å²) in [5.74, 6) is 2.21. The van der Waals surface area contributed by atoms with Crippen molar-refractivity contribution in [3.05, 3.63) is 72.8 Å². The molecule has 0 spiro atoms. The Morgan fingerprint density at radius 2 is 1.69 bits per heavy atom. The smallest absolute Gasteiger partial charge is 0.116 e. The van der Waals surface area contributed by atoms with Crippen molar-refractivity contribution in [1.82, 2.24) is 29.9 Å². The molecule has 0 aliphatic carbocycles. The molecule has 0 radical (unpaired) electrons. The summed E-state index contributed by atoms with van der Waals surface area (Å²) < 4.78 is 1.25. The van der Waals surface area contributed by atoms with Gasteiger partial charge in [0.1, 0.15) is 18.0 Å². The van der Waals surface area contributed by atoms with Gasteiger partial charge < -0.3 is 9.97 Å². The van der Waals surface area contributed by atoms with Crippen molar-refractivity contribution in [1.29, 1.82) is 0 Å². The van der Waals surface area contributed by atoms with E-state index in [4.69, 9.17) is 4.98 Å². The molecule has 7 heteroatoms. The third-order valence-electron chi connectivity index (χ3n) is 6.60. The summed E-state index contributed by atoms with van der Waals surface area (Å²) in [6, 6.07) is 15.5. The number of nitrogens with zero attached hydrogens (tertiary/aromatic N) is 4. The van der Waals surface area contributed by atoms with E-state index < -0.39 is 0 Å². The van der Waals surface area contributed by atoms with Crippen LogP contribution in [-0.4, -0.2) is 29.9 Å². The number of aromatic amines is 2.